The number of hydrogen-bond donors (Lipinski definition) is 3. The molecular formula is C45H47ClCs2F6N14O9S2. The zero-order chi connectivity index (χ0) is 57.2. The number of ether oxygens (including phenoxy) is 1. The number of aromatic nitrogens is 8. The second-order valence-electron chi connectivity index (χ2n) is 16.7. The second kappa shape index (κ2) is 29.9. The number of aliphatic hydroxyl groups is 1. The Morgan fingerprint density at radius 3 is 1.47 bits per heavy atom. The van der Waals surface area contributed by atoms with Crippen LogP contribution in [-0.2, 0) is 68.1 Å². The Kier molecular flexibility index (Phi) is 26.2. The van der Waals surface area contributed by atoms with Gasteiger partial charge in [0.25, 0.3) is 6.47 Å². The number of aliphatic imine (C=N–C) groups is 2. The van der Waals surface area contributed by atoms with Crippen molar-refractivity contribution in [2.45, 2.75) is 38.1 Å². The summed E-state index contributed by atoms with van der Waals surface area (Å²) >= 11 is 5.60. The molecule has 2 atom stereocenters. The quantitative estimate of drug-likeness (QED) is 0.0522. The minimum absolute atomic E-state index is 0. The molecule has 34 heteroatoms. The van der Waals surface area contributed by atoms with Gasteiger partial charge in [-0.1, -0.05) is 11.6 Å². The minimum Gasteiger partial charge on any atom is -1.00 e. The maximum atomic E-state index is 14.9. The molecule has 0 unspecified atom stereocenters. The SMILES string of the molecule is CN1C(N)=N[C@](C)(c2cc(/C=C(\F)c3cnc(Cl)cn3)cc(F)c2F)CS1(=O)=O.CN1C(N)=N[C@](C)(c2cc(/C=C(\F)c3cnc(OCc4nccn4C)cn3)cc(F)c2F)CS1(=O)=O.Cn1ccnc1CO.O=CO[O-].[Cs+].[Cs+].[H-]. The zero-order valence-electron chi connectivity index (χ0n) is 44.2. The van der Waals surface area contributed by atoms with Gasteiger partial charge in [-0.05, 0) is 61.4 Å². The average Bonchev–Trinajstić information content (AvgIpc) is 4.00. The van der Waals surface area contributed by atoms with Gasteiger partial charge in [0.05, 0.1) is 36.3 Å². The molecule has 414 valence electrons. The van der Waals surface area contributed by atoms with Gasteiger partial charge in [-0.3, -0.25) is 4.79 Å². The van der Waals surface area contributed by atoms with E-state index in [1.165, 1.54) is 34.1 Å². The van der Waals surface area contributed by atoms with Crippen LogP contribution in [0.25, 0.3) is 23.8 Å². The third kappa shape index (κ3) is 18.0. The van der Waals surface area contributed by atoms with Crippen LogP contribution in [0.4, 0.5) is 26.3 Å². The first kappa shape index (κ1) is 69.4. The molecule has 6 aromatic rings. The molecule has 0 spiro atoms. The smallest absolute Gasteiger partial charge is 1.00 e. The summed E-state index contributed by atoms with van der Waals surface area (Å²) in [5.41, 5.74) is 6.64. The molecule has 2 aliphatic heterocycles. The van der Waals surface area contributed by atoms with Crippen molar-refractivity contribution in [3.63, 3.8) is 0 Å². The minimum atomic E-state index is -3.94. The van der Waals surface area contributed by atoms with Crippen LogP contribution in [0.5, 0.6) is 5.88 Å². The van der Waals surface area contributed by atoms with Crippen LogP contribution >= 0.6 is 11.6 Å². The van der Waals surface area contributed by atoms with Crippen LogP contribution in [-0.4, -0.2) is 114 Å². The number of nitrogens with two attached hydrogens (primary N) is 2. The maximum Gasteiger partial charge on any atom is 1.00 e. The van der Waals surface area contributed by atoms with E-state index in [1.54, 1.807) is 41.0 Å². The van der Waals surface area contributed by atoms with Crippen LogP contribution in [0.15, 0.2) is 83.8 Å². The van der Waals surface area contributed by atoms with Gasteiger partial charge in [0, 0.05) is 64.1 Å². The summed E-state index contributed by atoms with van der Waals surface area (Å²) in [7, 11) is -1.79. The fourth-order valence-corrected chi connectivity index (χ4v) is 9.96. The molecule has 79 heavy (non-hydrogen) atoms. The van der Waals surface area contributed by atoms with Crippen LogP contribution in [0.2, 0.25) is 5.15 Å². The summed E-state index contributed by atoms with van der Waals surface area (Å²) in [5.74, 6) is -7.54. The van der Waals surface area contributed by atoms with E-state index in [2.05, 4.69) is 44.8 Å². The van der Waals surface area contributed by atoms with Crippen molar-refractivity contribution in [1.29, 1.82) is 0 Å². The Balaban J connectivity index is 0.000000444. The molecule has 6 heterocycles. The molecule has 2 aliphatic rings. The van der Waals surface area contributed by atoms with Crippen LogP contribution in [0.3, 0.4) is 0 Å². The number of carbonyl (C=O) groups is 1. The van der Waals surface area contributed by atoms with Gasteiger partial charge in [0.2, 0.25) is 37.8 Å². The summed E-state index contributed by atoms with van der Waals surface area (Å²) in [5, 5.41) is 17.0. The van der Waals surface area contributed by atoms with E-state index >= 15 is 0 Å². The summed E-state index contributed by atoms with van der Waals surface area (Å²) in [6.45, 7) is 2.58. The topological polar surface area (TPSA) is 318 Å². The first-order valence-electron chi connectivity index (χ1n) is 21.6. The molecule has 4 aromatic heterocycles. The predicted octanol–water partition coefficient (Wildman–Crippen LogP) is -2.51. The second-order valence-corrected chi connectivity index (χ2v) is 21.0. The van der Waals surface area contributed by atoms with E-state index < -0.39 is 77.6 Å². The van der Waals surface area contributed by atoms with Crippen molar-refractivity contribution in [2.24, 2.45) is 35.5 Å². The first-order chi connectivity index (χ1) is 36.1. The summed E-state index contributed by atoms with van der Waals surface area (Å²) in [6, 6.07) is 3.77. The van der Waals surface area contributed by atoms with Gasteiger partial charge >= 0.3 is 138 Å². The monoisotopic (exact) mass is 1410 g/mol. The molecule has 0 aliphatic carbocycles. The van der Waals surface area contributed by atoms with Crippen molar-refractivity contribution in [3.8, 4) is 5.88 Å². The molecule has 0 fully saturated rings. The third-order valence-electron chi connectivity index (χ3n) is 11.1. The zero-order valence-corrected chi connectivity index (χ0v) is 58.1. The third-order valence-corrected chi connectivity index (χ3v) is 15.2. The van der Waals surface area contributed by atoms with Crippen molar-refractivity contribution >= 4 is 73.8 Å². The number of halogens is 7. The van der Waals surface area contributed by atoms with Gasteiger partial charge in [-0.2, -0.15) is 0 Å². The number of sulfonamides is 2. The molecular weight excluding hydrogens is 1360 g/mol. The van der Waals surface area contributed by atoms with E-state index in [9.17, 15) is 43.2 Å². The Morgan fingerprint density at radius 1 is 0.722 bits per heavy atom. The van der Waals surface area contributed by atoms with Crippen molar-refractivity contribution in [2.75, 3.05) is 25.6 Å². The number of carbonyl (C=O) groups excluding carboxylic acids is 1. The van der Waals surface area contributed by atoms with E-state index in [-0.39, 0.29) is 215 Å². The molecule has 0 saturated carbocycles. The molecule has 2 aromatic carbocycles. The fourth-order valence-electron chi connectivity index (χ4n) is 6.96. The number of benzene rings is 2. The number of aliphatic hydroxyl groups excluding tert-OH is 1. The molecule has 0 amide bonds. The number of hydrogen-bond acceptors (Lipinski definition) is 19. The van der Waals surface area contributed by atoms with Crippen molar-refractivity contribution < 1.29 is 207 Å². The maximum absolute atomic E-state index is 14.9. The standard InChI is InChI=1S/C22H22F3N7O3S.C17H15ClF3N5O2S.C5H8N2O.CH2O3.2Cs.H/c1-22(12-36(33,34)32(3)21(26)30-22)14-6-13(8-16(24)20(14)25)7-15(23)17-9-29-19(10-28-17)35-11-18-27-4-5-31(18)2;1-17(8-29(27,28)26(2)16(22)25-17)10-3-9(5-12(20)15(10)21)4-11(19)13-6-24-14(18)7-23-13;1-7-3-2-6-5(7)4-8;2-1-4-3;;;/h4-10H,11-12H2,1-3H3,(H2,26,30);3-7H,8H2,1-2H3,(H2,22,25);2-3,8H,4H2,1H3;1,3H;;;/q;;;;2*+1;-1/p-1/b15-7-;11-4-;;;;;/t22-;17-;;;;;/m00...../s1. The normalized spacial score (nSPS) is 18.3. The van der Waals surface area contributed by atoms with Crippen LogP contribution < -0.4 is 159 Å². The van der Waals surface area contributed by atoms with E-state index in [0.29, 0.717) is 11.6 Å². The Labute approximate surface area is 572 Å². The molecule has 0 radical (unpaired) electrons. The van der Waals surface area contributed by atoms with E-state index in [4.69, 9.17) is 43.0 Å². The number of aryl methyl sites for hydroxylation is 2. The summed E-state index contributed by atoms with van der Waals surface area (Å²) in [4.78, 5) is 42.7. The number of imidazole rings is 2. The largest absolute Gasteiger partial charge is 1.00 e. The fraction of sp³-hybridized carbons (Fsp3) is 0.267. The summed E-state index contributed by atoms with van der Waals surface area (Å²) < 4.78 is 147. The molecule has 5 N–H and O–H groups in total. The van der Waals surface area contributed by atoms with Gasteiger partial charge in [-0.15, -0.1) is 0 Å². The predicted molar refractivity (Wildman–Crippen MR) is 266 cm³/mol. The van der Waals surface area contributed by atoms with Crippen LogP contribution in [0.1, 0.15) is 60.6 Å². The molecule has 0 bridgehead atoms. The molecule has 8 rings (SSSR count). The Hall–Kier alpha value is -3.90. The molecule has 0 saturated heterocycles. The van der Waals surface area contributed by atoms with Gasteiger partial charge in [0.15, 0.2) is 34.9 Å². The van der Waals surface area contributed by atoms with E-state index in [1.807, 2.05) is 7.05 Å². The molecule has 23 nitrogen and oxygen atoms in total. The van der Waals surface area contributed by atoms with Gasteiger partial charge in [-0.25, -0.2) is 91.7 Å². The number of rotatable bonds is 11. The average molecular weight is 1410 g/mol. The Morgan fingerprint density at radius 2 is 1.14 bits per heavy atom. The van der Waals surface area contributed by atoms with Crippen LogP contribution in [0, 0.1) is 23.3 Å². The number of nitrogens with zero attached hydrogens (tertiary/aromatic N) is 12. The van der Waals surface area contributed by atoms with Gasteiger partial charge in [0.1, 0.15) is 52.5 Å². The Bertz CT molecular complexity index is 3480. The van der Waals surface area contributed by atoms with Crippen molar-refractivity contribution in [1.82, 2.24) is 47.6 Å². The first-order valence-corrected chi connectivity index (χ1v) is 25.2. The van der Waals surface area contributed by atoms with Gasteiger partial charge < -0.3 is 42.0 Å². The summed E-state index contributed by atoms with van der Waals surface area (Å²) in [6.07, 6.45) is 13.2. The number of guanidine groups is 2. The van der Waals surface area contributed by atoms with E-state index in [0.717, 1.165) is 63.6 Å². The van der Waals surface area contributed by atoms with Crippen molar-refractivity contribution in [3.05, 3.63) is 148 Å².